The number of carbonyl (C=O) groups excluding carboxylic acids is 1. The Balaban J connectivity index is 1.82. The molecule has 1 aliphatic heterocycles. The molecule has 1 saturated heterocycles. The van der Waals surface area contributed by atoms with Crippen LogP contribution < -0.4 is 20.5 Å². The molecule has 0 spiro atoms. The number of anilines is 1. The van der Waals surface area contributed by atoms with E-state index in [0.29, 0.717) is 24.6 Å². The fraction of sp³-hybridized carbons (Fsp3) is 0.435. The molecule has 2 heterocycles. The topological polar surface area (TPSA) is 110 Å². The summed E-state index contributed by atoms with van der Waals surface area (Å²) in [6, 6.07) is 8.01. The second-order valence-electron chi connectivity index (χ2n) is 8.28. The molecule has 3 N–H and O–H groups in total. The molecule has 33 heavy (non-hydrogen) atoms. The Labute approximate surface area is 188 Å². The van der Waals surface area contributed by atoms with E-state index in [-0.39, 0.29) is 40.1 Å². The fourth-order valence-corrected chi connectivity index (χ4v) is 3.89. The van der Waals surface area contributed by atoms with Crippen LogP contribution in [0, 0.1) is 17.2 Å². The van der Waals surface area contributed by atoms with E-state index in [1.165, 1.54) is 12.1 Å². The minimum Gasteiger partial charge on any atom is -0.492 e. The average molecular weight is 460 g/mol. The molecule has 0 bridgehead atoms. The summed E-state index contributed by atoms with van der Waals surface area (Å²) < 4.78 is 49.3. The van der Waals surface area contributed by atoms with Crippen LogP contribution in [-0.4, -0.2) is 36.8 Å². The van der Waals surface area contributed by atoms with Crippen molar-refractivity contribution in [1.29, 1.82) is 5.26 Å². The molecule has 1 aromatic carbocycles. The van der Waals surface area contributed by atoms with Crippen LogP contribution in [0.1, 0.15) is 42.7 Å². The standard InChI is InChI=1S/C23H23F3N4O3/c24-23(25,26)22(31)33-19-5-1-4-18(32-12-13-6-7-13)20(19)17-9-15(14-3-2-8-29-11-14)16(10-27)21(28)30-17/h1,4-5,9,13-14,29H,2-3,6-8,11-12H2,(H2,28,30). The van der Waals surface area contributed by atoms with Crippen molar-refractivity contribution in [3.8, 4) is 28.8 Å². The summed E-state index contributed by atoms with van der Waals surface area (Å²) in [4.78, 5) is 15.9. The zero-order valence-electron chi connectivity index (χ0n) is 17.7. The molecule has 10 heteroatoms. The summed E-state index contributed by atoms with van der Waals surface area (Å²) in [5, 5.41) is 12.9. The van der Waals surface area contributed by atoms with Gasteiger partial charge in [-0.2, -0.15) is 18.4 Å². The van der Waals surface area contributed by atoms with Gasteiger partial charge in [0.25, 0.3) is 0 Å². The minimum absolute atomic E-state index is 0.0156. The molecule has 174 valence electrons. The first-order valence-electron chi connectivity index (χ1n) is 10.7. The van der Waals surface area contributed by atoms with Crippen molar-refractivity contribution in [2.24, 2.45) is 5.92 Å². The van der Waals surface area contributed by atoms with Crippen LogP contribution >= 0.6 is 0 Å². The van der Waals surface area contributed by atoms with Crippen LogP contribution in [0.3, 0.4) is 0 Å². The van der Waals surface area contributed by atoms with Crippen LogP contribution in [0.4, 0.5) is 19.0 Å². The number of hydrogen-bond acceptors (Lipinski definition) is 7. The number of esters is 1. The number of benzene rings is 1. The number of ether oxygens (including phenoxy) is 2. The quantitative estimate of drug-likeness (QED) is 0.497. The number of rotatable bonds is 6. The third-order valence-electron chi connectivity index (χ3n) is 5.78. The number of piperidine rings is 1. The molecule has 0 amide bonds. The van der Waals surface area contributed by atoms with Gasteiger partial charge in [0.1, 0.15) is 23.4 Å². The second kappa shape index (κ2) is 9.27. The van der Waals surface area contributed by atoms with Gasteiger partial charge < -0.3 is 20.5 Å². The summed E-state index contributed by atoms with van der Waals surface area (Å²) in [5.74, 6) is -2.13. The monoisotopic (exact) mass is 460 g/mol. The molecule has 2 fully saturated rings. The molecule has 2 aliphatic rings. The molecule has 7 nitrogen and oxygen atoms in total. The van der Waals surface area contributed by atoms with Gasteiger partial charge >= 0.3 is 12.1 Å². The molecular weight excluding hydrogens is 437 g/mol. The molecule has 4 rings (SSSR count). The molecule has 1 unspecified atom stereocenters. The number of alkyl halides is 3. The average Bonchev–Trinajstić information content (AvgIpc) is 3.62. The van der Waals surface area contributed by atoms with Crippen molar-refractivity contribution < 1.29 is 27.4 Å². The molecule has 1 aromatic heterocycles. The van der Waals surface area contributed by atoms with E-state index in [4.69, 9.17) is 15.2 Å². The lowest BCUT2D eigenvalue weighted by Crippen LogP contribution is -2.29. The highest BCUT2D eigenvalue weighted by Gasteiger charge is 2.42. The Morgan fingerprint density at radius 3 is 2.67 bits per heavy atom. The Hall–Kier alpha value is -3.32. The van der Waals surface area contributed by atoms with Crippen LogP contribution in [0.2, 0.25) is 0 Å². The summed E-state index contributed by atoms with van der Waals surface area (Å²) in [5.41, 5.74) is 7.26. The fourth-order valence-electron chi connectivity index (χ4n) is 3.89. The third-order valence-corrected chi connectivity index (χ3v) is 5.78. The Morgan fingerprint density at radius 2 is 2.03 bits per heavy atom. The van der Waals surface area contributed by atoms with Crippen LogP contribution in [0.5, 0.6) is 11.5 Å². The van der Waals surface area contributed by atoms with Crippen molar-refractivity contribution in [1.82, 2.24) is 10.3 Å². The molecular formula is C23H23F3N4O3. The number of nitriles is 1. The number of nitrogens with zero attached hydrogens (tertiary/aromatic N) is 2. The molecule has 1 atom stereocenters. The first kappa shape index (κ1) is 22.9. The van der Waals surface area contributed by atoms with Crippen LogP contribution in [0.25, 0.3) is 11.3 Å². The Bertz CT molecular complexity index is 1090. The maximum atomic E-state index is 12.9. The lowest BCUT2D eigenvalue weighted by Gasteiger charge is -2.25. The lowest BCUT2D eigenvalue weighted by atomic mass is 9.88. The smallest absolute Gasteiger partial charge is 0.491 e. The van der Waals surface area contributed by atoms with Crippen LogP contribution in [-0.2, 0) is 4.79 Å². The summed E-state index contributed by atoms with van der Waals surface area (Å²) in [6.07, 6.45) is -1.42. The highest BCUT2D eigenvalue weighted by molar-refractivity contribution is 5.83. The zero-order valence-corrected chi connectivity index (χ0v) is 17.7. The normalized spacial score (nSPS) is 18.4. The van der Waals surface area contributed by atoms with Gasteiger partial charge in [-0.1, -0.05) is 6.07 Å². The van der Waals surface area contributed by atoms with Gasteiger partial charge in [-0.25, -0.2) is 9.78 Å². The minimum atomic E-state index is -5.17. The van der Waals surface area contributed by atoms with E-state index in [9.17, 15) is 23.2 Å². The molecule has 1 saturated carbocycles. The zero-order chi connectivity index (χ0) is 23.6. The number of halogens is 3. The van der Waals surface area contributed by atoms with Crippen molar-refractivity contribution in [3.05, 3.63) is 35.4 Å². The van der Waals surface area contributed by atoms with E-state index in [1.807, 2.05) is 0 Å². The van der Waals surface area contributed by atoms with Crippen molar-refractivity contribution in [2.75, 3.05) is 25.4 Å². The van der Waals surface area contributed by atoms with Gasteiger partial charge in [0.2, 0.25) is 0 Å². The third kappa shape index (κ3) is 5.20. The maximum Gasteiger partial charge on any atom is 0.491 e. The van der Waals surface area contributed by atoms with Crippen LogP contribution in [0.15, 0.2) is 24.3 Å². The lowest BCUT2D eigenvalue weighted by molar-refractivity contribution is -0.189. The van der Waals surface area contributed by atoms with E-state index in [0.717, 1.165) is 32.2 Å². The number of pyridine rings is 1. The number of nitrogens with one attached hydrogen (secondary N) is 1. The van der Waals surface area contributed by atoms with Crippen molar-refractivity contribution in [3.63, 3.8) is 0 Å². The highest BCUT2D eigenvalue weighted by atomic mass is 19.4. The van der Waals surface area contributed by atoms with Gasteiger partial charge in [-0.15, -0.1) is 0 Å². The number of nitrogens with two attached hydrogens (primary N) is 1. The van der Waals surface area contributed by atoms with E-state index >= 15 is 0 Å². The van der Waals surface area contributed by atoms with Crippen molar-refractivity contribution >= 4 is 11.8 Å². The SMILES string of the molecule is N#Cc1c(C2CCCNC2)cc(-c2c(OCC3CC3)cccc2OC(=O)C(F)(F)F)nc1N. The Kier molecular flexibility index (Phi) is 6.42. The highest BCUT2D eigenvalue weighted by Crippen LogP contribution is 2.42. The van der Waals surface area contributed by atoms with Gasteiger partial charge in [0.05, 0.1) is 23.4 Å². The number of aromatic nitrogens is 1. The molecule has 2 aromatic rings. The number of carbonyl (C=O) groups is 1. The summed E-state index contributed by atoms with van der Waals surface area (Å²) >= 11 is 0. The first-order chi connectivity index (χ1) is 15.8. The van der Waals surface area contributed by atoms with Gasteiger partial charge in [0.15, 0.2) is 0 Å². The maximum absolute atomic E-state index is 12.9. The van der Waals surface area contributed by atoms with Gasteiger partial charge in [-0.05, 0) is 67.8 Å². The summed E-state index contributed by atoms with van der Waals surface area (Å²) in [7, 11) is 0. The molecule has 1 aliphatic carbocycles. The van der Waals surface area contributed by atoms with Gasteiger partial charge in [0, 0.05) is 6.54 Å². The Morgan fingerprint density at radius 1 is 1.27 bits per heavy atom. The van der Waals surface area contributed by atoms with Crippen molar-refractivity contribution in [2.45, 2.75) is 37.8 Å². The predicted molar refractivity (Wildman–Crippen MR) is 114 cm³/mol. The van der Waals surface area contributed by atoms with E-state index in [1.54, 1.807) is 12.1 Å². The first-order valence-corrected chi connectivity index (χ1v) is 10.7. The largest absolute Gasteiger partial charge is 0.492 e. The van der Waals surface area contributed by atoms with Gasteiger partial charge in [-0.3, -0.25) is 0 Å². The predicted octanol–water partition coefficient (Wildman–Crippen LogP) is 3.93. The number of nitrogen functional groups attached to an aromatic ring is 1. The van der Waals surface area contributed by atoms with E-state index in [2.05, 4.69) is 16.4 Å². The summed E-state index contributed by atoms with van der Waals surface area (Å²) in [6.45, 7) is 1.88. The second-order valence-corrected chi connectivity index (χ2v) is 8.28. The molecule has 0 radical (unpaired) electrons. The number of hydrogen-bond donors (Lipinski definition) is 2. The van der Waals surface area contributed by atoms with E-state index < -0.39 is 12.1 Å².